The van der Waals surface area contributed by atoms with E-state index >= 15 is 0 Å². The predicted octanol–water partition coefficient (Wildman–Crippen LogP) is 3.99. The van der Waals surface area contributed by atoms with E-state index in [1.54, 1.807) is 18.2 Å². The first kappa shape index (κ1) is 26.2. The van der Waals surface area contributed by atoms with E-state index in [1.165, 1.54) is 13.1 Å². The zero-order valence-electron chi connectivity index (χ0n) is 18.8. The van der Waals surface area contributed by atoms with Gasteiger partial charge in [-0.15, -0.1) is 0 Å². The number of fused-ring (bicyclic) bond motifs is 1. The lowest BCUT2D eigenvalue weighted by Crippen LogP contribution is -2.36. The highest BCUT2D eigenvalue weighted by Gasteiger charge is 2.41. The molecule has 13 heteroatoms. The van der Waals surface area contributed by atoms with Crippen LogP contribution in [0, 0.1) is 0 Å². The highest BCUT2D eigenvalue weighted by molar-refractivity contribution is 7.89. The van der Waals surface area contributed by atoms with Crippen molar-refractivity contribution in [3.63, 3.8) is 0 Å². The number of sulfonamides is 1. The Hall–Kier alpha value is -2.90. The number of alkyl halides is 6. The third-order valence-corrected chi connectivity index (χ3v) is 7.37. The van der Waals surface area contributed by atoms with Crippen molar-refractivity contribution >= 4 is 10.0 Å². The predicted molar refractivity (Wildman–Crippen MR) is 116 cm³/mol. The summed E-state index contributed by atoms with van der Waals surface area (Å²) in [5.74, 6) is 0. The smallest absolute Gasteiger partial charge is 0.392 e. The van der Waals surface area contributed by atoms with Crippen molar-refractivity contribution in [3.8, 4) is 0 Å². The fourth-order valence-electron chi connectivity index (χ4n) is 4.36. The molecule has 2 N–H and O–H groups in total. The van der Waals surface area contributed by atoms with Gasteiger partial charge >= 0.3 is 12.4 Å². The van der Waals surface area contributed by atoms with E-state index in [0.29, 0.717) is 11.1 Å². The van der Waals surface area contributed by atoms with Crippen LogP contribution in [0.5, 0.6) is 0 Å². The van der Waals surface area contributed by atoms with Crippen molar-refractivity contribution in [1.82, 2.24) is 14.5 Å². The second-order valence-electron chi connectivity index (χ2n) is 8.71. The van der Waals surface area contributed by atoms with Crippen LogP contribution in [-0.4, -0.2) is 29.3 Å². The number of aromatic nitrogens is 2. The van der Waals surface area contributed by atoms with Gasteiger partial charge in [-0.3, -0.25) is 4.68 Å². The topological polar surface area (TPSA) is 84.2 Å². The molecule has 0 amide bonds. The number of aliphatic hydroxyl groups is 1. The van der Waals surface area contributed by atoms with Crippen molar-refractivity contribution in [2.75, 3.05) is 0 Å². The van der Waals surface area contributed by atoms with Crippen molar-refractivity contribution < 1.29 is 39.9 Å². The van der Waals surface area contributed by atoms with E-state index < -0.39 is 51.2 Å². The van der Waals surface area contributed by atoms with Crippen LogP contribution in [0.4, 0.5) is 26.3 Å². The van der Waals surface area contributed by atoms with Crippen molar-refractivity contribution in [1.29, 1.82) is 0 Å². The first-order chi connectivity index (χ1) is 16.7. The van der Waals surface area contributed by atoms with Crippen LogP contribution in [0.25, 0.3) is 0 Å². The van der Waals surface area contributed by atoms with Crippen LogP contribution < -0.4 is 4.72 Å². The van der Waals surface area contributed by atoms with Crippen LogP contribution in [-0.2, 0) is 55.3 Å². The minimum absolute atomic E-state index is 0.129. The van der Waals surface area contributed by atoms with Gasteiger partial charge in [0, 0.05) is 19.3 Å². The molecule has 4 rings (SSSR count). The van der Waals surface area contributed by atoms with Crippen molar-refractivity contribution in [2.24, 2.45) is 7.05 Å². The van der Waals surface area contributed by atoms with E-state index in [0.717, 1.165) is 34.1 Å². The summed E-state index contributed by atoms with van der Waals surface area (Å²) in [5, 5.41) is 12.6. The van der Waals surface area contributed by atoms with E-state index in [1.807, 2.05) is 0 Å². The Bertz CT molecular complexity index is 1400. The Morgan fingerprint density at radius 3 is 2.28 bits per heavy atom. The maximum atomic E-state index is 13.2. The van der Waals surface area contributed by atoms with E-state index in [2.05, 4.69) is 9.82 Å². The van der Waals surface area contributed by atoms with E-state index in [4.69, 9.17) is 0 Å². The van der Waals surface area contributed by atoms with Crippen molar-refractivity contribution in [2.45, 2.75) is 49.2 Å². The molecule has 0 radical (unpaired) electrons. The van der Waals surface area contributed by atoms with E-state index in [9.17, 15) is 39.9 Å². The summed E-state index contributed by atoms with van der Waals surface area (Å²) in [6.45, 7) is -0.546. The van der Waals surface area contributed by atoms with Gasteiger partial charge in [0.25, 0.3) is 0 Å². The van der Waals surface area contributed by atoms with Crippen LogP contribution in [0.3, 0.4) is 0 Å². The minimum Gasteiger partial charge on any atom is -0.392 e. The molecule has 0 saturated carbocycles. The number of rotatable bonds is 6. The lowest BCUT2D eigenvalue weighted by molar-refractivity contribution is -0.143. The molecule has 0 saturated heterocycles. The quantitative estimate of drug-likeness (QED) is 0.470. The van der Waals surface area contributed by atoms with Crippen LogP contribution >= 0.6 is 0 Å². The van der Waals surface area contributed by atoms with Crippen LogP contribution in [0.2, 0.25) is 0 Å². The van der Waals surface area contributed by atoms with E-state index in [-0.39, 0.29) is 24.8 Å². The van der Waals surface area contributed by atoms with Gasteiger partial charge in [0.1, 0.15) is 4.90 Å². The molecule has 36 heavy (non-hydrogen) atoms. The largest absolute Gasteiger partial charge is 0.436 e. The number of hydrogen-bond acceptors (Lipinski definition) is 4. The van der Waals surface area contributed by atoms with Gasteiger partial charge in [0.05, 0.1) is 12.2 Å². The average Bonchev–Trinajstić information content (AvgIpc) is 3.35. The van der Waals surface area contributed by atoms with Crippen LogP contribution in [0.1, 0.15) is 39.1 Å². The van der Waals surface area contributed by atoms with Crippen LogP contribution in [0.15, 0.2) is 47.5 Å². The zero-order chi connectivity index (χ0) is 26.5. The molecule has 2 aromatic carbocycles. The number of hydrogen-bond donors (Lipinski definition) is 2. The van der Waals surface area contributed by atoms with Gasteiger partial charge in [-0.25, -0.2) is 13.1 Å². The van der Waals surface area contributed by atoms with Gasteiger partial charge in [-0.2, -0.15) is 31.4 Å². The Labute approximate surface area is 202 Å². The number of halogens is 6. The zero-order valence-corrected chi connectivity index (χ0v) is 19.6. The third-order valence-electron chi connectivity index (χ3n) is 5.85. The van der Waals surface area contributed by atoms with Gasteiger partial charge < -0.3 is 5.11 Å². The molecule has 1 aliphatic carbocycles. The summed E-state index contributed by atoms with van der Waals surface area (Å²) in [5.41, 5.74) is 0.314. The Morgan fingerprint density at radius 2 is 1.64 bits per heavy atom. The molecule has 3 aromatic rings. The highest BCUT2D eigenvalue weighted by atomic mass is 32.2. The normalized spacial score (nSPS) is 16.4. The highest BCUT2D eigenvalue weighted by Crippen LogP contribution is 2.34. The first-order valence-electron chi connectivity index (χ1n) is 10.7. The van der Waals surface area contributed by atoms with Gasteiger partial charge in [0.15, 0.2) is 5.69 Å². The number of benzene rings is 2. The van der Waals surface area contributed by atoms with Gasteiger partial charge in [-0.05, 0) is 59.2 Å². The molecule has 1 aliphatic rings. The molecule has 0 fully saturated rings. The molecule has 0 bridgehead atoms. The molecular weight excluding hydrogens is 512 g/mol. The van der Waals surface area contributed by atoms with Gasteiger partial charge in [0.2, 0.25) is 10.0 Å². The Balaban J connectivity index is 1.52. The fourth-order valence-corrected chi connectivity index (χ4v) is 5.80. The fraction of sp³-hybridized carbons (Fsp3) is 0.348. The molecule has 1 heterocycles. The number of aryl methyl sites for hydroxylation is 1. The maximum Gasteiger partial charge on any atom is 0.436 e. The average molecular weight is 533 g/mol. The molecule has 1 atom stereocenters. The first-order valence-corrected chi connectivity index (χ1v) is 12.2. The lowest BCUT2D eigenvalue weighted by Gasteiger charge is -2.13. The second-order valence-corrected chi connectivity index (χ2v) is 10.4. The molecule has 1 aromatic heterocycles. The molecule has 0 aliphatic heterocycles. The maximum absolute atomic E-state index is 13.2. The Morgan fingerprint density at radius 1 is 0.972 bits per heavy atom. The summed E-state index contributed by atoms with van der Waals surface area (Å²) in [6, 6.07) is 7.85. The number of aliphatic hydroxyl groups excluding tert-OH is 1. The number of nitrogens with zero attached hydrogens (tertiary/aromatic N) is 2. The third kappa shape index (κ3) is 5.57. The molecule has 6 nitrogen and oxygen atoms in total. The second kappa shape index (κ2) is 9.20. The standard InChI is InChI=1S/C23H21F6N3O3S/c1-32-11-20(21(30-32)23(27,28)29)36(34,35)31-19-9-16-3-2-13(6-17(16)10-19)4-14-5-15(12-33)8-18(7-14)22(24,25)26/h2-3,5-8,11,19,31,33H,4,9-10,12H2,1H3. The number of nitrogens with one attached hydrogen (secondary N) is 1. The Kier molecular flexibility index (Phi) is 6.69. The summed E-state index contributed by atoms with van der Waals surface area (Å²) in [4.78, 5) is -0.960. The summed E-state index contributed by atoms with van der Waals surface area (Å²) in [7, 11) is -3.33. The van der Waals surface area contributed by atoms with Crippen molar-refractivity contribution in [3.05, 3.63) is 81.7 Å². The lowest BCUT2D eigenvalue weighted by atomic mass is 9.97. The molecular formula is C23H21F6N3O3S. The molecule has 1 unspecified atom stereocenters. The SMILES string of the molecule is Cn1cc(S(=O)(=O)NC2Cc3ccc(Cc4cc(CO)cc(C(F)(F)F)c4)cc3C2)c(C(F)(F)F)n1. The summed E-state index contributed by atoms with van der Waals surface area (Å²) >= 11 is 0. The summed E-state index contributed by atoms with van der Waals surface area (Å²) < 4.78 is 108. The molecule has 194 valence electrons. The summed E-state index contributed by atoms with van der Waals surface area (Å²) in [6.07, 6.45) is -8.13. The molecule has 0 spiro atoms. The monoisotopic (exact) mass is 533 g/mol. The minimum atomic E-state index is -4.95. The van der Waals surface area contributed by atoms with Gasteiger partial charge in [-0.1, -0.05) is 24.3 Å².